The molecule has 1 aromatic carbocycles. The second kappa shape index (κ2) is 9.49. The van der Waals surface area contributed by atoms with Crippen LogP contribution >= 0.6 is 0 Å². The molecule has 3 rings (SSSR count). The van der Waals surface area contributed by atoms with Crippen molar-refractivity contribution >= 4 is 11.8 Å². The van der Waals surface area contributed by atoms with Gasteiger partial charge in [-0.2, -0.15) is 0 Å². The number of aliphatic hydroxyl groups is 1. The zero-order chi connectivity index (χ0) is 20.1. The van der Waals surface area contributed by atoms with Crippen LogP contribution in [0.2, 0.25) is 0 Å². The molecule has 2 unspecified atom stereocenters. The van der Waals surface area contributed by atoms with Crippen molar-refractivity contribution in [1.82, 2.24) is 9.80 Å². The third-order valence-corrected chi connectivity index (χ3v) is 5.81. The van der Waals surface area contributed by atoms with Crippen LogP contribution in [0.4, 0.5) is 0 Å². The number of esters is 1. The van der Waals surface area contributed by atoms with Gasteiger partial charge in [0.1, 0.15) is 12.0 Å². The average molecular weight is 390 g/mol. The Bertz CT molecular complexity index is 670. The smallest absolute Gasteiger partial charge is 0.320 e. The first-order chi connectivity index (χ1) is 13.5. The molecule has 7 nitrogen and oxygen atoms in total. The van der Waals surface area contributed by atoms with Gasteiger partial charge in [0.15, 0.2) is 5.78 Å². The number of Topliss-reactive ketones (excluding diaryl/α,β-unsaturated/α-hetero) is 1. The summed E-state index contributed by atoms with van der Waals surface area (Å²) in [6, 6.07) is 7.28. The summed E-state index contributed by atoms with van der Waals surface area (Å²) in [4.78, 5) is 28.5. The van der Waals surface area contributed by atoms with Crippen molar-refractivity contribution in [2.75, 3.05) is 39.9 Å². The number of hydrogen-bond acceptors (Lipinski definition) is 7. The highest BCUT2D eigenvalue weighted by Crippen LogP contribution is 2.28. The Kier molecular flexibility index (Phi) is 7.04. The third kappa shape index (κ3) is 4.71. The van der Waals surface area contributed by atoms with Crippen LogP contribution < -0.4 is 4.74 Å². The lowest BCUT2D eigenvalue weighted by Gasteiger charge is -2.37. The Morgan fingerprint density at radius 1 is 1.11 bits per heavy atom. The highest BCUT2D eigenvalue weighted by molar-refractivity contribution is 5.98. The number of piperidine rings is 1. The van der Waals surface area contributed by atoms with Crippen LogP contribution in [0.1, 0.15) is 36.5 Å². The number of hydrogen-bond donors (Lipinski definition) is 1. The highest BCUT2D eigenvalue weighted by atomic mass is 16.5. The van der Waals surface area contributed by atoms with Gasteiger partial charge in [0.25, 0.3) is 0 Å². The van der Waals surface area contributed by atoms with Gasteiger partial charge in [-0.05, 0) is 63.5 Å². The van der Waals surface area contributed by atoms with E-state index in [-0.39, 0.29) is 30.3 Å². The number of likely N-dealkylation sites (tertiary alicyclic amines) is 2. The summed E-state index contributed by atoms with van der Waals surface area (Å²) in [5, 5.41) is 10.6. The number of ketones is 1. The number of methoxy groups -OCH3 is 1. The Morgan fingerprint density at radius 2 is 1.79 bits per heavy atom. The fourth-order valence-electron chi connectivity index (χ4n) is 4.22. The summed E-state index contributed by atoms with van der Waals surface area (Å²) in [7, 11) is 1.61. The van der Waals surface area contributed by atoms with E-state index in [0.717, 1.165) is 43.7 Å². The van der Waals surface area contributed by atoms with E-state index >= 15 is 0 Å². The van der Waals surface area contributed by atoms with Crippen LogP contribution in [-0.4, -0.2) is 78.8 Å². The molecule has 28 heavy (non-hydrogen) atoms. The summed E-state index contributed by atoms with van der Waals surface area (Å²) in [5.41, 5.74) is 0.723. The zero-order valence-electron chi connectivity index (χ0n) is 16.7. The molecule has 0 spiro atoms. The van der Waals surface area contributed by atoms with Crippen LogP contribution in [0.5, 0.6) is 5.75 Å². The molecule has 0 aromatic heterocycles. The number of aliphatic hydroxyl groups excluding tert-OH is 1. The molecule has 0 amide bonds. The van der Waals surface area contributed by atoms with Gasteiger partial charge in [0, 0.05) is 18.0 Å². The molecule has 1 aromatic rings. The maximum Gasteiger partial charge on any atom is 0.320 e. The van der Waals surface area contributed by atoms with Crippen molar-refractivity contribution < 1.29 is 24.2 Å². The lowest BCUT2D eigenvalue weighted by molar-refractivity contribution is -0.147. The summed E-state index contributed by atoms with van der Waals surface area (Å²) < 4.78 is 10.1. The predicted octanol–water partition coefficient (Wildman–Crippen LogP) is 1.55. The number of carbonyl (C=O) groups is 2. The normalized spacial score (nSPS) is 24.2. The summed E-state index contributed by atoms with van der Waals surface area (Å²) in [6.45, 7) is 4.48. The van der Waals surface area contributed by atoms with E-state index in [9.17, 15) is 14.7 Å². The van der Waals surface area contributed by atoms with E-state index in [1.807, 2.05) is 24.3 Å². The second-order valence-electron chi connectivity index (χ2n) is 7.45. The molecule has 1 N–H and O–H groups in total. The van der Waals surface area contributed by atoms with Crippen molar-refractivity contribution in [3.63, 3.8) is 0 Å². The molecule has 0 saturated carbocycles. The van der Waals surface area contributed by atoms with Gasteiger partial charge in [-0.3, -0.25) is 19.4 Å². The van der Waals surface area contributed by atoms with Crippen LogP contribution in [0, 0.1) is 5.92 Å². The van der Waals surface area contributed by atoms with Gasteiger partial charge >= 0.3 is 5.97 Å². The van der Waals surface area contributed by atoms with Gasteiger partial charge in [-0.25, -0.2) is 0 Å². The van der Waals surface area contributed by atoms with E-state index in [0.29, 0.717) is 13.2 Å². The van der Waals surface area contributed by atoms with Gasteiger partial charge in [0.05, 0.1) is 26.3 Å². The molecular formula is C21H30N2O5. The number of nitrogens with zero attached hydrogens (tertiary/aromatic N) is 2. The fraction of sp³-hybridized carbons (Fsp3) is 0.619. The molecule has 2 aliphatic heterocycles. The summed E-state index contributed by atoms with van der Waals surface area (Å²) in [6.07, 6.45) is 1.72. The van der Waals surface area contributed by atoms with Crippen LogP contribution in [0.15, 0.2) is 24.3 Å². The first kappa shape index (κ1) is 20.8. The molecule has 2 atom stereocenters. The van der Waals surface area contributed by atoms with E-state index in [4.69, 9.17) is 9.47 Å². The minimum absolute atomic E-state index is 0.00599. The van der Waals surface area contributed by atoms with Crippen molar-refractivity contribution in [2.24, 2.45) is 5.92 Å². The number of ether oxygens (including phenoxy) is 2. The minimum atomic E-state index is -0.668. The molecule has 0 bridgehead atoms. The monoisotopic (exact) mass is 390 g/mol. The molecule has 2 fully saturated rings. The number of rotatable bonds is 7. The summed E-state index contributed by atoms with van der Waals surface area (Å²) in [5.74, 6) is 0.636. The zero-order valence-corrected chi connectivity index (χ0v) is 16.7. The Morgan fingerprint density at radius 3 is 2.39 bits per heavy atom. The number of carbonyl (C=O) groups excluding carboxylic acids is 2. The van der Waals surface area contributed by atoms with Crippen LogP contribution in [-0.2, 0) is 9.53 Å². The maximum atomic E-state index is 12.8. The first-order valence-corrected chi connectivity index (χ1v) is 10.0. The van der Waals surface area contributed by atoms with E-state index < -0.39 is 6.23 Å². The topological polar surface area (TPSA) is 79.3 Å². The lowest BCUT2D eigenvalue weighted by Crippen LogP contribution is -2.49. The van der Waals surface area contributed by atoms with Gasteiger partial charge in [-0.1, -0.05) is 0 Å². The van der Waals surface area contributed by atoms with Crippen molar-refractivity contribution in [3.05, 3.63) is 29.8 Å². The average Bonchev–Trinajstić information content (AvgIpc) is 3.08. The van der Waals surface area contributed by atoms with Gasteiger partial charge < -0.3 is 14.6 Å². The van der Waals surface area contributed by atoms with E-state index in [1.165, 1.54) is 0 Å². The van der Waals surface area contributed by atoms with Crippen LogP contribution in [0.3, 0.4) is 0 Å². The van der Waals surface area contributed by atoms with Gasteiger partial charge in [0.2, 0.25) is 0 Å². The first-order valence-electron chi connectivity index (χ1n) is 10.0. The Balaban J connectivity index is 1.51. The fourth-order valence-corrected chi connectivity index (χ4v) is 4.22. The second-order valence-corrected chi connectivity index (χ2v) is 7.45. The Labute approximate surface area is 166 Å². The van der Waals surface area contributed by atoms with Gasteiger partial charge in [-0.15, -0.1) is 0 Å². The molecule has 0 radical (unpaired) electrons. The molecule has 0 aliphatic carbocycles. The Hall–Kier alpha value is -1.96. The van der Waals surface area contributed by atoms with E-state index in [1.54, 1.807) is 18.9 Å². The van der Waals surface area contributed by atoms with Crippen molar-refractivity contribution in [2.45, 2.75) is 38.5 Å². The molecular weight excluding hydrogens is 360 g/mol. The van der Waals surface area contributed by atoms with Crippen molar-refractivity contribution in [3.8, 4) is 5.75 Å². The molecule has 2 saturated heterocycles. The quantitative estimate of drug-likeness (QED) is 0.559. The SMILES string of the molecule is CCOC(=O)CN1CCC(N2CCC(C(=O)c3ccc(OC)cc3)CC2)C1O. The maximum absolute atomic E-state index is 12.8. The van der Waals surface area contributed by atoms with Crippen LogP contribution in [0.25, 0.3) is 0 Å². The third-order valence-electron chi connectivity index (χ3n) is 5.81. The van der Waals surface area contributed by atoms with Crippen molar-refractivity contribution in [1.29, 1.82) is 0 Å². The minimum Gasteiger partial charge on any atom is -0.497 e. The van der Waals surface area contributed by atoms with E-state index in [2.05, 4.69) is 4.90 Å². The molecule has 154 valence electrons. The largest absolute Gasteiger partial charge is 0.497 e. The lowest BCUT2D eigenvalue weighted by atomic mass is 9.88. The summed E-state index contributed by atoms with van der Waals surface area (Å²) >= 11 is 0. The standard InChI is InChI=1S/C21H30N2O5/c1-3-28-19(24)14-23-13-10-18(21(23)26)22-11-8-16(9-12-22)20(25)15-4-6-17(27-2)7-5-15/h4-7,16,18,21,26H,3,8-14H2,1-2H3. The molecule has 2 heterocycles. The predicted molar refractivity (Wildman–Crippen MR) is 104 cm³/mol. The number of benzene rings is 1. The molecule has 2 aliphatic rings. The molecule has 7 heteroatoms. The highest BCUT2D eigenvalue weighted by Gasteiger charge is 2.39.